The summed E-state index contributed by atoms with van der Waals surface area (Å²) >= 11 is 6.37. The number of nitrogens with one attached hydrogen (secondary N) is 1. The Labute approximate surface area is 114 Å². The second-order valence-corrected chi connectivity index (χ2v) is 5.08. The van der Waals surface area contributed by atoms with E-state index in [-0.39, 0.29) is 5.92 Å². The van der Waals surface area contributed by atoms with Gasteiger partial charge in [-0.2, -0.15) is 0 Å². The van der Waals surface area contributed by atoms with E-state index in [0.29, 0.717) is 17.3 Å². The molecule has 0 saturated carbocycles. The van der Waals surface area contributed by atoms with Crippen LogP contribution in [0.5, 0.6) is 0 Å². The third-order valence-electron chi connectivity index (χ3n) is 3.05. The molecule has 1 rings (SSSR count). The van der Waals surface area contributed by atoms with Gasteiger partial charge in [-0.3, -0.25) is 0 Å². The SMILES string of the molecule is CNc1cc(C)c(/C(Cl)=C(\N)C(C)C)cc1CN. The number of nitrogens with two attached hydrogens (primary N) is 2. The van der Waals surface area contributed by atoms with E-state index < -0.39 is 0 Å². The highest BCUT2D eigenvalue weighted by atomic mass is 35.5. The molecule has 0 radical (unpaired) electrons. The minimum Gasteiger partial charge on any atom is -0.401 e. The van der Waals surface area contributed by atoms with Gasteiger partial charge in [-0.25, -0.2) is 0 Å². The highest BCUT2D eigenvalue weighted by molar-refractivity contribution is 6.49. The van der Waals surface area contributed by atoms with Crippen LogP contribution in [0.1, 0.15) is 30.5 Å². The molecule has 0 aliphatic rings. The lowest BCUT2D eigenvalue weighted by Crippen LogP contribution is -2.09. The lowest BCUT2D eigenvalue weighted by molar-refractivity contribution is 0.762. The molecule has 1 aromatic carbocycles. The number of allylic oxidation sites excluding steroid dienone is 1. The van der Waals surface area contributed by atoms with Gasteiger partial charge in [0.25, 0.3) is 0 Å². The van der Waals surface area contributed by atoms with Crippen molar-refractivity contribution in [2.45, 2.75) is 27.3 Å². The molecular weight excluding hydrogens is 246 g/mol. The molecule has 0 aliphatic heterocycles. The second kappa shape index (κ2) is 6.12. The number of hydrogen-bond donors (Lipinski definition) is 3. The van der Waals surface area contributed by atoms with E-state index in [9.17, 15) is 0 Å². The zero-order valence-corrected chi connectivity index (χ0v) is 12.2. The molecule has 0 amide bonds. The van der Waals surface area contributed by atoms with Crippen LogP contribution in [-0.2, 0) is 6.54 Å². The Kier molecular flexibility index (Phi) is 5.05. The van der Waals surface area contributed by atoms with Gasteiger partial charge in [0.1, 0.15) is 0 Å². The molecule has 0 spiro atoms. The van der Waals surface area contributed by atoms with Gasteiger partial charge in [-0.05, 0) is 41.7 Å². The van der Waals surface area contributed by atoms with Crippen molar-refractivity contribution in [3.63, 3.8) is 0 Å². The normalized spacial score (nSPS) is 12.6. The highest BCUT2D eigenvalue weighted by Crippen LogP contribution is 2.31. The fraction of sp³-hybridized carbons (Fsp3) is 0.429. The van der Waals surface area contributed by atoms with Crippen molar-refractivity contribution in [2.24, 2.45) is 17.4 Å². The van der Waals surface area contributed by atoms with E-state index in [1.807, 2.05) is 40.0 Å². The van der Waals surface area contributed by atoms with Crippen molar-refractivity contribution in [1.82, 2.24) is 0 Å². The Bertz CT molecular complexity index is 464. The van der Waals surface area contributed by atoms with Gasteiger partial charge in [0.15, 0.2) is 0 Å². The highest BCUT2D eigenvalue weighted by Gasteiger charge is 2.12. The van der Waals surface area contributed by atoms with E-state index in [4.69, 9.17) is 23.1 Å². The van der Waals surface area contributed by atoms with Gasteiger partial charge in [0.05, 0.1) is 5.03 Å². The average molecular weight is 268 g/mol. The van der Waals surface area contributed by atoms with Crippen LogP contribution in [-0.4, -0.2) is 7.05 Å². The number of hydrogen-bond acceptors (Lipinski definition) is 3. The van der Waals surface area contributed by atoms with Crippen molar-refractivity contribution < 1.29 is 0 Å². The first-order chi connectivity index (χ1) is 8.42. The Morgan fingerprint density at radius 1 is 1.39 bits per heavy atom. The molecule has 0 bridgehead atoms. The summed E-state index contributed by atoms with van der Waals surface area (Å²) < 4.78 is 0. The molecule has 0 aliphatic carbocycles. The lowest BCUT2D eigenvalue weighted by Gasteiger charge is -2.15. The predicted octanol–water partition coefficient (Wildman–Crippen LogP) is 3.02. The Morgan fingerprint density at radius 3 is 2.44 bits per heavy atom. The summed E-state index contributed by atoms with van der Waals surface area (Å²) in [4.78, 5) is 0. The van der Waals surface area contributed by atoms with Crippen molar-refractivity contribution in [2.75, 3.05) is 12.4 Å². The van der Waals surface area contributed by atoms with Gasteiger partial charge >= 0.3 is 0 Å². The summed E-state index contributed by atoms with van der Waals surface area (Å²) in [6, 6.07) is 4.06. The Hall–Kier alpha value is -1.19. The summed E-state index contributed by atoms with van der Waals surface area (Å²) in [6.07, 6.45) is 0. The maximum absolute atomic E-state index is 6.37. The number of halogens is 1. The van der Waals surface area contributed by atoms with Crippen molar-refractivity contribution in [3.8, 4) is 0 Å². The van der Waals surface area contributed by atoms with Crippen molar-refractivity contribution >= 4 is 22.3 Å². The molecule has 0 heterocycles. The molecule has 0 saturated heterocycles. The molecule has 4 heteroatoms. The van der Waals surface area contributed by atoms with Crippen molar-refractivity contribution in [3.05, 3.63) is 34.5 Å². The molecule has 0 unspecified atom stereocenters. The van der Waals surface area contributed by atoms with Crippen LogP contribution in [0.4, 0.5) is 5.69 Å². The number of rotatable bonds is 4. The second-order valence-electron chi connectivity index (χ2n) is 4.70. The maximum atomic E-state index is 6.37. The summed E-state index contributed by atoms with van der Waals surface area (Å²) in [7, 11) is 1.88. The van der Waals surface area contributed by atoms with Crippen LogP contribution in [0.25, 0.3) is 5.03 Å². The first-order valence-corrected chi connectivity index (χ1v) is 6.47. The van der Waals surface area contributed by atoms with Gasteiger partial charge in [-0.1, -0.05) is 25.4 Å². The number of aryl methyl sites for hydroxylation is 1. The van der Waals surface area contributed by atoms with Gasteiger partial charge in [0, 0.05) is 25.0 Å². The molecule has 0 fully saturated rings. The fourth-order valence-electron chi connectivity index (χ4n) is 1.80. The number of anilines is 1. The standard InChI is InChI=1S/C14H22ClN3/c1-8(2)14(17)13(15)11-6-10(7-16)12(18-4)5-9(11)3/h5-6,8,18H,7,16-17H2,1-4H3/b14-13+. The van der Waals surface area contributed by atoms with Crippen LogP contribution in [0, 0.1) is 12.8 Å². The summed E-state index contributed by atoms with van der Waals surface area (Å²) in [5.74, 6) is 0.224. The lowest BCUT2D eigenvalue weighted by atomic mass is 9.99. The molecule has 0 atom stereocenters. The van der Waals surface area contributed by atoms with E-state index in [1.54, 1.807) is 0 Å². The molecule has 3 nitrogen and oxygen atoms in total. The molecule has 18 heavy (non-hydrogen) atoms. The van der Waals surface area contributed by atoms with Crippen LogP contribution >= 0.6 is 11.6 Å². The monoisotopic (exact) mass is 267 g/mol. The quantitative estimate of drug-likeness (QED) is 0.786. The Morgan fingerprint density at radius 2 is 2.00 bits per heavy atom. The topological polar surface area (TPSA) is 64.1 Å². The summed E-state index contributed by atoms with van der Waals surface area (Å²) in [6.45, 7) is 6.54. The zero-order chi connectivity index (χ0) is 13.9. The van der Waals surface area contributed by atoms with E-state index in [1.165, 1.54) is 0 Å². The van der Waals surface area contributed by atoms with Crippen LogP contribution in [0.3, 0.4) is 0 Å². The third-order valence-corrected chi connectivity index (χ3v) is 3.47. The van der Waals surface area contributed by atoms with E-state index >= 15 is 0 Å². The van der Waals surface area contributed by atoms with Gasteiger partial charge < -0.3 is 16.8 Å². The van der Waals surface area contributed by atoms with Crippen molar-refractivity contribution in [1.29, 1.82) is 0 Å². The smallest absolute Gasteiger partial charge is 0.0670 e. The summed E-state index contributed by atoms with van der Waals surface area (Å²) in [5, 5.41) is 3.76. The first kappa shape index (κ1) is 14.9. The third kappa shape index (κ3) is 2.98. The first-order valence-electron chi connectivity index (χ1n) is 6.09. The zero-order valence-electron chi connectivity index (χ0n) is 11.5. The molecule has 1 aromatic rings. The average Bonchev–Trinajstić information content (AvgIpc) is 2.36. The van der Waals surface area contributed by atoms with E-state index in [0.717, 1.165) is 22.4 Å². The number of benzene rings is 1. The van der Waals surface area contributed by atoms with Crippen LogP contribution < -0.4 is 16.8 Å². The molecule has 0 aromatic heterocycles. The van der Waals surface area contributed by atoms with E-state index in [2.05, 4.69) is 5.32 Å². The summed E-state index contributed by atoms with van der Waals surface area (Å²) in [5.41, 5.74) is 16.6. The van der Waals surface area contributed by atoms with Gasteiger partial charge in [0.2, 0.25) is 0 Å². The molecule has 5 N–H and O–H groups in total. The maximum Gasteiger partial charge on any atom is 0.0670 e. The predicted molar refractivity (Wildman–Crippen MR) is 80.4 cm³/mol. The largest absolute Gasteiger partial charge is 0.401 e. The Balaban J connectivity index is 3.38. The van der Waals surface area contributed by atoms with Gasteiger partial charge in [-0.15, -0.1) is 0 Å². The fourth-order valence-corrected chi connectivity index (χ4v) is 2.22. The minimum absolute atomic E-state index is 0.224. The van der Waals surface area contributed by atoms with Crippen LogP contribution in [0.15, 0.2) is 17.8 Å². The minimum atomic E-state index is 0.224. The molecule has 100 valence electrons. The van der Waals surface area contributed by atoms with Crippen LogP contribution in [0.2, 0.25) is 0 Å². The molecular formula is C14H22ClN3.